The quantitative estimate of drug-likeness (QED) is 0.832. The second-order valence-corrected chi connectivity index (χ2v) is 7.08. The number of hydrogen-bond donors (Lipinski definition) is 2. The molecular formula is C14H21N3O2S. The van der Waals surface area contributed by atoms with E-state index >= 15 is 0 Å². The zero-order valence-corrected chi connectivity index (χ0v) is 12.9. The van der Waals surface area contributed by atoms with E-state index in [1.807, 2.05) is 13.8 Å². The predicted octanol–water partition coefficient (Wildman–Crippen LogP) is 2.56. The number of nitrogen functional groups attached to an aromatic ring is 1. The molecule has 0 bridgehead atoms. The van der Waals surface area contributed by atoms with Gasteiger partial charge < -0.3 is 10.7 Å². The van der Waals surface area contributed by atoms with Crippen molar-refractivity contribution in [2.45, 2.75) is 37.6 Å². The summed E-state index contributed by atoms with van der Waals surface area (Å²) in [6, 6.07) is 5.20. The highest BCUT2D eigenvalue weighted by atomic mass is 32.2. The lowest BCUT2D eigenvalue weighted by molar-refractivity contribution is 0.369. The molecule has 1 heterocycles. The van der Waals surface area contributed by atoms with E-state index in [2.05, 4.69) is 4.98 Å². The summed E-state index contributed by atoms with van der Waals surface area (Å²) in [5.41, 5.74) is 7.08. The van der Waals surface area contributed by atoms with E-state index in [9.17, 15) is 8.42 Å². The van der Waals surface area contributed by atoms with Gasteiger partial charge in [-0.15, -0.1) is 0 Å². The number of anilines is 1. The predicted molar refractivity (Wildman–Crippen MR) is 82.0 cm³/mol. The molecule has 0 aliphatic rings. The highest BCUT2D eigenvalue weighted by Crippen LogP contribution is 2.28. The van der Waals surface area contributed by atoms with Crippen LogP contribution in [0.15, 0.2) is 29.3 Å². The first-order chi connectivity index (χ1) is 9.37. The number of fused-ring (bicyclic) bond motifs is 1. The molecule has 110 valence electrons. The van der Waals surface area contributed by atoms with Crippen molar-refractivity contribution in [1.82, 2.24) is 9.29 Å². The summed E-state index contributed by atoms with van der Waals surface area (Å²) in [5.74, 6) is 0. The zero-order valence-electron chi connectivity index (χ0n) is 12.1. The summed E-state index contributed by atoms with van der Waals surface area (Å²) >= 11 is 0. The van der Waals surface area contributed by atoms with Crippen LogP contribution in [0.5, 0.6) is 0 Å². The molecule has 1 aromatic heterocycles. The molecule has 0 aliphatic carbocycles. The average molecular weight is 295 g/mol. The molecule has 1 aromatic carbocycles. The minimum absolute atomic E-state index is 0.0315. The lowest BCUT2D eigenvalue weighted by Crippen LogP contribution is -2.34. The van der Waals surface area contributed by atoms with E-state index in [1.165, 1.54) is 10.5 Å². The van der Waals surface area contributed by atoms with Crippen LogP contribution in [-0.2, 0) is 10.0 Å². The molecule has 0 radical (unpaired) electrons. The standard InChI is InChI=1S/C14H21N3O2S/c1-4-5-10(2)17(3)20(18,19)14-9-16-13-7-6-11(15)8-12(13)14/h6-10,16H,4-5,15H2,1-3H3. The van der Waals surface area contributed by atoms with Crippen LogP contribution in [0.1, 0.15) is 26.7 Å². The minimum atomic E-state index is -3.51. The molecule has 0 saturated heterocycles. The lowest BCUT2D eigenvalue weighted by Gasteiger charge is -2.23. The number of nitrogens with zero attached hydrogens (tertiary/aromatic N) is 1. The summed E-state index contributed by atoms with van der Waals surface area (Å²) in [6.07, 6.45) is 3.32. The van der Waals surface area contributed by atoms with Gasteiger partial charge >= 0.3 is 0 Å². The summed E-state index contributed by atoms with van der Waals surface area (Å²) in [5, 5.41) is 0.639. The van der Waals surface area contributed by atoms with E-state index in [1.54, 1.807) is 25.2 Å². The number of nitrogens with one attached hydrogen (secondary N) is 1. The van der Waals surface area contributed by atoms with Crippen LogP contribution in [0.25, 0.3) is 10.9 Å². The Hall–Kier alpha value is -1.53. The Balaban J connectivity index is 2.49. The number of aromatic nitrogens is 1. The Labute approximate surface area is 119 Å². The highest BCUT2D eigenvalue weighted by Gasteiger charge is 2.27. The van der Waals surface area contributed by atoms with Crippen molar-refractivity contribution >= 4 is 26.6 Å². The molecule has 6 heteroatoms. The first kappa shape index (κ1) is 14.9. The third-order valence-corrected chi connectivity index (χ3v) is 5.66. The lowest BCUT2D eigenvalue weighted by atomic mass is 10.2. The molecule has 1 unspecified atom stereocenters. The van der Waals surface area contributed by atoms with Gasteiger partial charge in [-0.3, -0.25) is 0 Å². The molecule has 2 aromatic rings. The van der Waals surface area contributed by atoms with Crippen LogP contribution < -0.4 is 5.73 Å². The second kappa shape index (κ2) is 5.46. The minimum Gasteiger partial charge on any atom is -0.399 e. The Morgan fingerprint density at radius 2 is 2.10 bits per heavy atom. The number of nitrogens with two attached hydrogens (primary N) is 1. The highest BCUT2D eigenvalue weighted by molar-refractivity contribution is 7.89. The van der Waals surface area contributed by atoms with Crippen molar-refractivity contribution in [3.05, 3.63) is 24.4 Å². The smallest absolute Gasteiger partial charge is 0.245 e. The van der Waals surface area contributed by atoms with Crippen molar-refractivity contribution in [2.24, 2.45) is 0 Å². The number of benzene rings is 1. The Morgan fingerprint density at radius 3 is 2.75 bits per heavy atom. The van der Waals surface area contributed by atoms with Gasteiger partial charge in [0, 0.05) is 35.9 Å². The van der Waals surface area contributed by atoms with Gasteiger partial charge in [0.05, 0.1) is 0 Å². The van der Waals surface area contributed by atoms with Gasteiger partial charge in [0.25, 0.3) is 0 Å². The van der Waals surface area contributed by atoms with E-state index in [0.29, 0.717) is 11.1 Å². The summed E-state index contributed by atoms with van der Waals surface area (Å²) in [7, 11) is -1.89. The SMILES string of the molecule is CCCC(C)N(C)S(=O)(=O)c1c[nH]c2ccc(N)cc12. The third-order valence-electron chi connectivity index (χ3n) is 3.65. The molecule has 0 saturated carbocycles. The normalized spacial score (nSPS) is 14.0. The van der Waals surface area contributed by atoms with Crippen LogP contribution in [0, 0.1) is 0 Å². The fourth-order valence-corrected chi connectivity index (χ4v) is 3.86. The Kier molecular flexibility index (Phi) is 4.06. The van der Waals surface area contributed by atoms with Crippen molar-refractivity contribution < 1.29 is 8.42 Å². The summed E-state index contributed by atoms with van der Waals surface area (Å²) in [4.78, 5) is 3.27. The van der Waals surface area contributed by atoms with E-state index < -0.39 is 10.0 Å². The van der Waals surface area contributed by atoms with Gasteiger partial charge in [0.1, 0.15) is 4.90 Å². The zero-order chi connectivity index (χ0) is 14.9. The topological polar surface area (TPSA) is 79.2 Å². The van der Waals surface area contributed by atoms with E-state index in [-0.39, 0.29) is 10.9 Å². The van der Waals surface area contributed by atoms with Crippen molar-refractivity contribution in [2.75, 3.05) is 12.8 Å². The second-order valence-electron chi connectivity index (χ2n) is 5.12. The fraction of sp³-hybridized carbons (Fsp3) is 0.429. The van der Waals surface area contributed by atoms with E-state index in [4.69, 9.17) is 5.73 Å². The van der Waals surface area contributed by atoms with Gasteiger partial charge in [0.15, 0.2) is 0 Å². The van der Waals surface area contributed by atoms with Crippen molar-refractivity contribution in [3.8, 4) is 0 Å². The maximum Gasteiger partial charge on any atom is 0.245 e. The van der Waals surface area contributed by atoms with Gasteiger partial charge in [-0.05, 0) is 31.5 Å². The maximum absolute atomic E-state index is 12.7. The number of hydrogen-bond acceptors (Lipinski definition) is 3. The van der Waals surface area contributed by atoms with Crippen LogP contribution in [0.2, 0.25) is 0 Å². The summed E-state index contributed by atoms with van der Waals surface area (Å²) in [6.45, 7) is 3.97. The molecule has 20 heavy (non-hydrogen) atoms. The number of rotatable bonds is 5. The molecule has 2 rings (SSSR count). The molecule has 3 N–H and O–H groups in total. The number of H-pyrrole nitrogens is 1. The molecule has 1 atom stereocenters. The Morgan fingerprint density at radius 1 is 1.40 bits per heavy atom. The number of sulfonamides is 1. The molecule has 0 amide bonds. The Bertz CT molecular complexity index is 706. The van der Waals surface area contributed by atoms with Crippen LogP contribution >= 0.6 is 0 Å². The van der Waals surface area contributed by atoms with E-state index in [0.717, 1.165) is 18.4 Å². The van der Waals surface area contributed by atoms with Gasteiger partial charge in [-0.2, -0.15) is 4.31 Å². The summed E-state index contributed by atoms with van der Waals surface area (Å²) < 4.78 is 26.8. The van der Waals surface area contributed by atoms with Crippen molar-refractivity contribution in [1.29, 1.82) is 0 Å². The molecule has 0 aliphatic heterocycles. The number of aromatic amines is 1. The van der Waals surface area contributed by atoms with Crippen LogP contribution in [0.4, 0.5) is 5.69 Å². The first-order valence-corrected chi connectivity index (χ1v) is 8.16. The first-order valence-electron chi connectivity index (χ1n) is 6.72. The van der Waals surface area contributed by atoms with Crippen LogP contribution in [-0.4, -0.2) is 30.8 Å². The van der Waals surface area contributed by atoms with Gasteiger partial charge in [-0.1, -0.05) is 13.3 Å². The van der Waals surface area contributed by atoms with Crippen molar-refractivity contribution in [3.63, 3.8) is 0 Å². The van der Waals surface area contributed by atoms with Crippen LogP contribution in [0.3, 0.4) is 0 Å². The third kappa shape index (κ3) is 2.53. The van der Waals surface area contributed by atoms with Gasteiger partial charge in [-0.25, -0.2) is 8.42 Å². The molecule has 0 spiro atoms. The van der Waals surface area contributed by atoms with Gasteiger partial charge in [0.2, 0.25) is 10.0 Å². The largest absolute Gasteiger partial charge is 0.399 e. The maximum atomic E-state index is 12.7. The average Bonchev–Trinajstić information content (AvgIpc) is 2.81. The molecular weight excluding hydrogens is 274 g/mol. The monoisotopic (exact) mass is 295 g/mol. The molecule has 5 nitrogen and oxygen atoms in total. The molecule has 0 fully saturated rings. The fourth-order valence-electron chi connectivity index (χ4n) is 2.32.